The molecule has 3 heteroatoms. The maximum absolute atomic E-state index is 10.9. The molecule has 0 aromatic carbocycles. The molecule has 0 atom stereocenters. The third-order valence-corrected chi connectivity index (χ3v) is 0.985. The summed E-state index contributed by atoms with van der Waals surface area (Å²) in [4.78, 5) is 10.9. The second-order valence-electron chi connectivity index (χ2n) is 3.21. The van der Waals surface area contributed by atoms with Gasteiger partial charge in [0.05, 0.1) is 5.91 Å². The van der Waals surface area contributed by atoms with Gasteiger partial charge in [-0.25, -0.2) is 0 Å². The number of rotatable bonds is 3. The quantitative estimate of drug-likeness (QED) is 0.689. The molecule has 1 radical (unpaired) electrons. The zero-order valence-electron chi connectivity index (χ0n) is 7.55. The van der Waals surface area contributed by atoms with Crippen molar-refractivity contribution in [3.63, 3.8) is 0 Å². The van der Waals surface area contributed by atoms with Crippen molar-refractivity contribution in [3.05, 3.63) is 5.32 Å². The Balaban J connectivity index is 0. The van der Waals surface area contributed by atoms with E-state index < -0.39 is 0 Å². The van der Waals surface area contributed by atoms with Crippen LogP contribution in [-0.4, -0.2) is 11.9 Å². The molecular weight excluding hydrogens is 185 g/mol. The molecule has 0 unspecified atom stereocenters. The summed E-state index contributed by atoms with van der Waals surface area (Å²) in [5.74, 6) is 0.458. The summed E-state index contributed by atoms with van der Waals surface area (Å²) in [7, 11) is 0. The summed E-state index contributed by atoms with van der Waals surface area (Å²) in [5.41, 5.74) is 0. The van der Waals surface area contributed by atoms with Crippen molar-refractivity contribution in [2.24, 2.45) is 5.92 Å². The van der Waals surface area contributed by atoms with Crippen LogP contribution < -0.4 is 0 Å². The average Bonchev–Trinajstić information content (AvgIpc) is 1.58. The van der Waals surface area contributed by atoms with Crippen LogP contribution in [0.15, 0.2) is 0 Å². The summed E-state index contributed by atoms with van der Waals surface area (Å²) < 4.78 is 0. The maximum Gasteiger partial charge on any atom is 0.0515 e. The van der Waals surface area contributed by atoms with E-state index in [-0.39, 0.29) is 28.7 Å². The van der Waals surface area contributed by atoms with E-state index in [9.17, 15) is 4.79 Å². The van der Waals surface area contributed by atoms with E-state index in [2.05, 4.69) is 5.32 Å². The molecule has 0 fully saturated rings. The van der Waals surface area contributed by atoms with Crippen molar-refractivity contribution in [1.29, 1.82) is 0 Å². The largest absolute Gasteiger partial charge is 0.651 e. The van der Waals surface area contributed by atoms with E-state index in [1.54, 1.807) is 0 Å². The van der Waals surface area contributed by atoms with E-state index in [1.807, 2.05) is 27.7 Å². The molecular formula is C8H16CoNO-. The molecule has 69 valence electrons. The normalized spacial score (nSPS) is 9.64. The molecule has 0 saturated carbocycles. The van der Waals surface area contributed by atoms with Crippen LogP contribution in [0.25, 0.3) is 5.32 Å². The van der Waals surface area contributed by atoms with Gasteiger partial charge in [-0.1, -0.05) is 27.7 Å². The first-order chi connectivity index (χ1) is 4.52. The van der Waals surface area contributed by atoms with E-state index in [0.29, 0.717) is 12.3 Å². The van der Waals surface area contributed by atoms with Crippen LogP contribution in [0.1, 0.15) is 34.1 Å². The molecule has 1 amide bonds. The average molecular weight is 201 g/mol. The summed E-state index contributed by atoms with van der Waals surface area (Å²) in [6, 6.07) is 0.145. The van der Waals surface area contributed by atoms with Crippen molar-refractivity contribution >= 4 is 5.91 Å². The fraction of sp³-hybridized carbons (Fsp3) is 0.875. The van der Waals surface area contributed by atoms with Gasteiger partial charge in [0.15, 0.2) is 0 Å². The van der Waals surface area contributed by atoms with Gasteiger partial charge in [0.2, 0.25) is 0 Å². The minimum atomic E-state index is 0. The fourth-order valence-corrected chi connectivity index (χ4v) is 0.690. The first-order valence-electron chi connectivity index (χ1n) is 3.76. The predicted molar refractivity (Wildman–Crippen MR) is 43.0 cm³/mol. The van der Waals surface area contributed by atoms with E-state index in [1.165, 1.54) is 0 Å². The molecule has 0 aliphatic carbocycles. The smallest absolute Gasteiger partial charge is 0.0515 e. The number of carbonyl (C=O) groups excluding carboxylic acids is 1. The number of amides is 1. The number of nitrogens with zero attached hydrogens (tertiary/aromatic N) is 1. The van der Waals surface area contributed by atoms with Crippen LogP contribution in [-0.2, 0) is 21.6 Å². The SMILES string of the molecule is CC(C)CC(=O)[N-]C(C)C.[Co]. The van der Waals surface area contributed by atoms with Crippen LogP contribution in [0.3, 0.4) is 0 Å². The van der Waals surface area contributed by atoms with E-state index in [0.717, 1.165) is 0 Å². The Morgan fingerprint density at radius 3 is 2.00 bits per heavy atom. The Morgan fingerprint density at radius 2 is 1.73 bits per heavy atom. The third-order valence-electron chi connectivity index (χ3n) is 0.985. The van der Waals surface area contributed by atoms with Gasteiger partial charge in [-0.05, 0) is 12.3 Å². The second-order valence-corrected chi connectivity index (χ2v) is 3.21. The monoisotopic (exact) mass is 201 g/mol. The zero-order valence-corrected chi connectivity index (χ0v) is 8.59. The molecule has 0 aromatic heterocycles. The molecule has 0 N–H and O–H groups in total. The summed E-state index contributed by atoms with van der Waals surface area (Å²) >= 11 is 0. The Bertz CT molecular complexity index is 101. The van der Waals surface area contributed by atoms with Gasteiger partial charge in [-0.3, -0.25) is 0 Å². The van der Waals surface area contributed by atoms with Crippen molar-refractivity contribution in [2.75, 3.05) is 0 Å². The van der Waals surface area contributed by atoms with Crippen molar-refractivity contribution in [3.8, 4) is 0 Å². The van der Waals surface area contributed by atoms with Gasteiger partial charge < -0.3 is 10.1 Å². The summed E-state index contributed by atoms with van der Waals surface area (Å²) in [5, 5.41) is 3.88. The Morgan fingerprint density at radius 1 is 1.27 bits per heavy atom. The van der Waals surface area contributed by atoms with E-state index in [4.69, 9.17) is 0 Å². The molecule has 0 bridgehead atoms. The third kappa shape index (κ3) is 9.98. The topological polar surface area (TPSA) is 31.2 Å². The molecule has 2 nitrogen and oxygen atoms in total. The van der Waals surface area contributed by atoms with Gasteiger partial charge in [-0.2, -0.15) is 0 Å². The molecule has 0 rings (SSSR count). The van der Waals surface area contributed by atoms with Crippen LogP contribution in [0.5, 0.6) is 0 Å². The zero-order chi connectivity index (χ0) is 8.15. The molecule has 0 aliphatic rings. The molecule has 0 saturated heterocycles. The Labute approximate surface area is 79.3 Å². The van der Waals surface area contributed by atoms with Crippen molar-refractivity contribution in [1.82, 2.24) is 0 Å². The summed E-state index contributed by atoms with van der Waals surface area (Å²) in [6.45, 7) is 7.87. The number of hydrogen-bond donors (Lipinski definition) is 0. The minimum absolute atomic E-state index is 0. The van der Waals surface area contributed by atoms with Gasteiger partial charge in [0.25, 0.3) is 0 Å². The first kappa shape index (κ1) is 13.6. The minimum Gasteiger partial charge on any atom is -0.651 e. The van der Waals surface area contributed by atoms with Crippen molar-refractivity contribution < 1.29 is 21.6 Å². The molecule has 0 aromatic rings. The molecule has 0 heterocycles. The van der Waals surface area contributed by atoms with Crippen LogP contribution in [0, 0.1) is 5.92 Å². The van der Waals surface area contributed by atoms with Gasteiger partial charge in [0, 0.05) is 16.8 Å². The molecule has 0 spiro atoms. The molecule has 0 aliphatic heterocycles. The number of carbonyl (C=O) groups is 1. The second kappa shape index (κ2) is 6.67. The fourth-order valence-electron chi connectivity index (χ4n) is 0.690. The van der Waals surface area contributed by atoms with Crippen LogP contribution in [0.4, 0.5) is 0 Å². The van der Waals surface area contributed by atoms with Gasteiger partial charge in [0.1, 0.15) is 0 Å². The Kier molecular flexibility index (Phi) is 8.22. The predicted octanol–water partition coefficient (Wildman–Crippen LogP) is 2.34. The first-order valence-corrected chi connectivity index (χ1v) is 3.76. The maximum atomic E-state index is 10.9. The van der Waals surface area contributed by atoms with Crippen LogP contribution in [0.2, 0.25) is 0 Å². The van der Waals surface area contributed by atoms with Crippen molar-refractivity contribution in [2.45, 2.75) is 40.2 Å². The summed E-state index contributed by atoms with van der Waals surface area (Å²) in [6.07, 6.45) is 0.582. The van der Waals surface area contributed by atoms with Gasteiger partial charge in [-0.15, -0.1) is 6.04 Å². The molecule has 11 heavy (non-hydrogen) atoms. The van der Waals surface area contributed by atoms with Gasteiger partial charge >= 0.3 is 0 Å². The van der Waals surface area contributed by atoms with Crippen LogP contribution >= 0.6 is 0 Å². The number of hydrogen-bond acceptors (Lipinski definition) is 1. The Hall–Kier alpha value is -0.0235. The standard InChI is InChI=1S/C8H17NO.Co/c1-6(2)5-8(10)9-7(3)4;/h6-7H,5H2,1-4H3,(H,9,10);/p-1. The van der Waals surface area contributed by atoms with E-state index >= 15 is 0 Å².